The van der Waals surface area contributed by atoms with Gasteiger partial charge in [0, 0.05) is 36.6 Å². The van der Waals surface area contributed by atoms with Crippen LogP contribution in [0.2, 0.25) is 0 Å². The van der Waals surface area contributed by atoms with E-state index in [1.165, 1.54) is 11.1 Å². The Labute approximate surface area is 160 Å². The predicted octanol–water partition coefficient (Wildman–Crippen LogP) is 3.04. The van der Waals surface area contributed by atoms with Gasteiger partial charge in [0.05, 0.1) is 0 Å². The van der Waals surface area contributed by atoms with E-state index in [-0.39, 0.29) is 11.9 Å². The molecule has 0 radical (unpaired) electrons. The van der Waals surface area contributed by atoms with E-state index in [2.05, 4.69) is 34.9 Å². The number of rotatable bonds is 7. The van der Waals surface area contributed by atoms with Crippen LogP contribution in [0.3, 0.4) is 0 Å². The van der Waals surface area contributed by atoms with Crippen molar-refractivity contribution in [2.45, 2.75) is 6.04 Å². The van der Waals surface area contributed by atoms with E-state index in [1.54, 1.807) is 0 Å². The quantitative estimate of drug-likeness (QED) is 0.680. The fourth-order valence-electron chi connectivity index (χ4n) is 3.07. The van der Waals surface area contributed by atoms with Gasteiger partial charge < -0.3 is 15.5 Å². The summed E-state index contributed by atoms with van der Waals surface area (Å²) in [5, 5.41) is 5.06. The van der Waals surface area contributed by atoms with E-state index in [1.807, 2.05) is 79.7 Å². The van der Waals surface area contributed by atoms with Gasteiger partial charge in [-0.1, -0.05) is 60.7 Å². The van der Waals surface area contributed by atoms with Gasteiger partial charge in [-0.3, -0.25) is 4.79 Å². The number of nitrogens with one attached hydrogen (secondary N) is 1. The van der Waals surface area contributed by atoms with Crippen LogP contribution < -0.4 is 15.5 Å². The Balaban J connectivity index is 1.65. The molecular formula is C23H26N3O+. The maximum atomic E-state index is 12.4. The number of carbonyl (C=O) groups excluding carboxylic acids is 1. The summed E-state index contributed by atoms with van der Waals surface area (Å²) in [5.41, 5.74) is 4.29. The fraction of sp³-hybridized carbons (Fsp3) is 0.174. The van der Waals surface area contributed by atoms with Crippen LogP contribution in [0.1, 0.15) is 17.2 Å². The summed E-state index contributed by atoms with van der Waals surface area (Å²) in [4.78, 5) is 14.5. The molecule has 0 aromatic heterocycles. The molecule has 3 rings (SSSR count). The molecule has 0 aliphatic heterocycles. The molecule has 3 aromatic rings. The molecule has 138 valence electrons. The molecule has 0 saturated heterocycles. The molecule has 1 amide bonds. The van der Waals surface area contributed by atoms with Gasteiger partial charge in [0.15, 0.2) is 6.54 Å². The van der Waals surface area contributed by atoms with Crippen molar-refractivity contribution in [2.24, 2.45) is 0 Å². The van der Waals surface area contributed by atoms with Crippen LogP contribution in [-0.4, -0.2) is 26.5 Å². The number of benzene rings is 3. The van der Waals surface area contributed by atoms with E-state index in [0.717, 1.165) is 11.4 Å². The first kappa shape index (κ1) is 18.7. The van der Waals surface area contributed by atoms with Crippen LogP contribution in [0.15, 0.2) is 84.9 Å². The van der Waals surface area contributed by atoms with Crippen molar-refractivity contribution < 1.29 is 10.1 Å². The molecule has 3 aromatic carbocycles. The third kappa shape index (κ3) is 5.19. The summed E-state index contributed by atoms with van der Waals surface area (Å²) >= 11 is 0. The first-order valence-corrected chi connectivity index (χ1v) is 9.14. The summed E-state index contributed by atoms with van der Waals surface area (Å²) in [6, 6.07) is 28.5. The Bertz CT molecular complexity index is 806. The van der Waals surface area contributed by atoms with Crippen molar-refractivity contribution in [2.75, 3.05) is 30.9 Å². The van der Waals surface area contributed by atoms with Crippen LogP contribution in [0.5, 0.6) is 0 Å². The molecule has 4 nitrogen and oxygen atoms in total. The number of hydrogen-bond acceptors (Lipinski definition) is 2. The number of amides is 1. The summed E-state index contributed by atoms with van der Waals surface area (Å²) in [7, 11) is 3.99. The van der Waals surface area contributed by atoms with Crippen LogP contribution >= 0.6 is 0 Å². The lowest BCUT2D eigenvalue weighted by atomic mass is 9.99. The summed E-state index contributed by atoms with van der Waals surface area (Å²) in [6.07, 6.45) is 0. The standard InChI is InChI=1S/C23H25N3O/c1-26(2)21-15-13-20(14-16-21)25-22(27)17-24-23(18-9-5-3-6-10-18)19-11-7-4-8-12-19/h3-16,23-24H,17H2,1-2H3,(H,25,27)/p+1. The third-order valence-corrected chi connectivity index (χ3v) is 4.52. The number of anilines is 2. The molecule has 4 heteroatoms. The first-order chi connectivity index (χ1) is 13.1. The monoisotopic (exact) mass is 360 g/mol. The molecular weight excluding hydrogens is 334 g/mol. The van der Waals surface area contributed by atoms with Crippen molar-refractivity contribution in [3.8, 4) is 0 Å². The Morgan fingerprint density at radius 3 is 1.85 bits per heavy atom. The molecule has 0 saturated carbocycles. The smallest absolute Gasteiger partial charge is 0.279 e. The maximum Gasteiger partial charge on any atom is 0.279 e. The van der Waals surface area contributed by atoms with E-state index in [0.29, 0.717) is 6.54 Å². The van der Waals surface area contributed by atoms with Gasteiger partial charge in [0.1, 0.15) is 6.04 Å². The second-order valence-corrected chi connectivity index (χ2v) is 6.73. The lowest BCUT2D eigenvalue weighted by molar-refractivity contribution is -0.676. The molecule has 0 atom stereocenters. The number of nitrogens with two attached hydrogens (primary N) is 1. The normalized spacial score (nSPS) is 10.6. The summed E-state index contributed by atoms with van der Waals surface area (Å²) in [6.45, 7) is 0.351. The Kier molecular flexibility index (Phi) is 6.23. The highest BCUT2D eigenvalue weighted by Crippen LogP contribution is 2.18. The zero-order valence-corrected chi connectivity index (χ0v) is 15.8. The van der Waals surface area contributed by atoms with Crippen molar-refractivity contribution in [3.63, 3.8) is 0 Å². The van der Waals surface area contributed by atoms with Crippen molar-refractivity contribution in [1.82, 2.24) is 0 Å². The largest absolute Gasteiger partial charge is 0.378 e. The van der Waals surface area contributed by atoms with E-state index < -0.39 is 0 Å². The third-order valence-electron chi connectivity index (χ3n) is 4.52. The Hall–Kier alpha value is -3.11. The number of carbonyl (C=O) groups is 1. The van der Waals surface area contributed by atoms with Crippen molar-refractivity contribution in [3.05, 3.63) is 96.1 Å². The van der Waals surface area contributed by atoms with Crippen molar-refractivity contribution in [1.29, 1.82) is 0 Å². The van der Waals surface area contributed by atoms with Gasteiger partial charge in [0.25, 0.3) is 5.91 Å². The minimum atomic E-state index is -0.00975. The van der Waals surface area contributed by atoms with Gasteiger partial charge in [-0.15, -0.1) is 0 Å². The van der Waals surface area contributed by atoms with Crippen LogP contribution in [0, 0.1) is 0 Å². The zero-order valence-electron chi connectivity index (χ0n) is 15.8. The summed E-state index contributed by atoms with van der Waals surface area (Å²) in [5.74, 6) is -0.00975. The molecule has 0 aliphatic rings. The van der Waals surface area contributed by atoms with Gasteiger partial charge in [-0.05, 0) is 24.3 Å². The highest BCUT2D eigenvalue weighted by molar-refractivity contribution is 5.91. The lowest BCUT2D eigenvalue weighted by Gasteiger charge is -2.17. The molecule has 0 aliphatic carbocycles. The molecule has 0 spiro atoms. The zero-order chi connectivity index (χ0) is 19.1. The topological polar surface area (TPSA) is 49.0 Å². The van der Waals surface area contributed by atoms with Crippen molar-refractivity contribution >= 4 is 17.3 Å². The van der Waals surface area contributed by atoms with E-state index >= 15 is 0 Å². The minimum absolute atomic E-state index is 0.00975. The van der Waals surface area contributed by atoms with Gasteiger partial charge >= 0.3 is 0 Å². The lowest BCUT2D eigenvalue weighted by Crippen LogP contribution is -2.87. The Morgan fingerprint density at radius 1 is 0.852 bits per heavy atom. The summed E-state index contributed by atoms with van der Waals surface area (Å²) < 4.78 is 0. The number of hydrogen-bond donors (Lipinski definition) is 2. The van der Waals surface area contributed by atoms with Crippen LogP contribution in [-0.2, 0) is 4.79 Å². The number of quaternary nitrogens is 1. The second kappa shape index (κ2) is 9.01. The second-order valence-electron chi connectivity index (χ2n) is 6.73. The molecule has 0 bridgehead atoms. The molecule has 0 unspecified atom stereocenters. The fourth-order valence-corrected chi connectivity index (χ4v) is 3.07. The molecule has 0 heterocycles. The maximum absolute atomic E-state index is 12.4. The van der Waals surface area contributed by atoms with Gasteiger partial charge in [-0.2, -0.15) is 0 Å². The average molecular weight is 360 g/mol. The van der Waals surface area contributed by atoms with Crippen LogP contribution in [0.4, 0.5) is 11.4 Å². The molecule has 3 N–H and O–H groups in total. The SMILES string of the molecule is CN(C)c1ccc(NC(=O)C[NH2+]C(c2ccccc2)c2ccccc2)cc1. The molecule has 27 heavy (non-hydrogen) atoms. The van der Waals surface area contributed by atoms with Gasteiger partial charge in [0.2, 0.25) is 0 Å². The minimum Gasteiger partial charge on any atom is -0.378 e. The highest BCUT2D eigenvalue weighted by atomic mass is 16.1. The first-order valence-electron chi connectivity index (χ1n) is 9.14. The average Bonchev–Trinajstić information content (AvgIpc) is 2.70. The predicted molar refractivity (Wildman–Crippen MR) is 111 cm³/mol. The van der Waals surface area contributed by atoms with E-state index in [9.17, 15) is 4.79 Å². The molecule has 0 fully saturated rings. The van der Waals surface area contributed by atoms with E-state index in [4.69, 9.17) is 0 Å². The highest BCUT2D eigenvalue weighted by Gasteiger charge is 2.18. The van der Waals surface area contributed by atoms with Crippen LogP contribution in [0.25, 0.3) is 0 Å². The number of nitrogens with zero attached hydrogens (tertiary/aromatic N) is 1. The van der Waals surface area contributed by atoms with Gasteiger partial charge in [-0.25, -0.2) is 0 Å². The Morgan fingerprint density at radius 2 is 1.37 bits per heavy atom.